The van der Waals surface area contributed by atoms with Crippen LogP contribution in [0.5, 0.6) is 11.5 Å². The summed E-state index contributed by atoms with van der Waals surface area (Å²) in [5, 5.41) is 0. The average Bonchev–Trinajstić information content (AvgIpc) is 3.23. The molecule has 0 saturated heterocycles. The van der Waals surface area contributed by atoms with Gasteiger partial charge in [0.15, 0.2) is 17.6 Å². The predicted molar refractivity (Wildman–Crippen MR) is 117 cm³/mol. The first kappa shape index (κ1) is 19.4. The number of aliphatic imine (C=N–C) groups is 1. The van der Waals surface area contributed by atoms with Crippen LogP contribution in [-0.2, 0) is 4.74 Å². The molecule has 4 nitrogen and oxygen atoms in total. The van der Waals surface area contributed by atoms with Crippen LogP contribution in [0.1, 0.15) is 17.2 Å². The molecule has 0 unspecified atom stereocenters. The van der Waals surface area contributed by atoms with E-state index < -0.39 is 0 Å². The second-order valence-corrected chi connectivity index (χ2v) is 7.52. The van der Waals surface area contributed by atoms with Crippen molar-refractivity contribution in [2.45, 2.75) is 17.0 Å². The molecule has 148 valence electrons. The summed E-state index contributed by atoms with van der Waals surface area (Å²) in [4.78, 5) is 6.07. The fourth-order valence-corrected chi connectivity index (χ4v) is 3.70. The predicted octanol–water partition coefficient (Wildman–Crippen LogP) is 5.38. The summed E-state index contributed by atoms with van der Waals surface area (Å²) in [6.07, 6.45) is 1.87. The zero-order valence-electron chi connectivity index (χ0n) is 16.4. The van der Waals surface area contributed by atoms with Crippen LogP contribution in [0.25, 0.3) is 0 Å². The van der Waals surface area contributed by atoms with Crippen molar-refractivity contribution < 1.29 is 14.2 Å². The Morgan fingerprint density at radius 2 is 1.59 bits per heavy atom. The van der Waals surface area contributed by atoms with Crippen LogP contribution >= 0.6 is 11.8 Å². The van der Waals surface area contributed by atoms with E-state index in [1.54, 1.807) is 18.9 Å². The van der Waals surface area contributed by atoms with Gasteiger partial charge in [-0.25, -0.2) is 4.99 Å². The van der Waals surface area contributed by atoms with Crippen molar-refractivity contribution in [1.29, 1.82) is 0 Å². The Kier molecular flexibility index (Phi) is 6.06. The Labute approximate surface area is 175 Å². The summed E-state index contributed by atoms with van der Waals surface area (Å²) in [7, 11) is 1.64. The molecule has 29 heavy (non-hydrogen) atoms. The maximum Gasteiger partial charge on any atom is 0.217 e. The van der Waals surface area contributed by atoms with Gasteiger partial charge in [-0.1, -0.05) is 42.5 Å². The number of benzene rings is 3. The molecule has 1 aliphatic rings. The minimum Gasteiger partial charge on any atom is -0.493 e. The van der Waals surface area contributed by atoms with E-state index in [1.165, 1.54) is 4.90 Å². The molecule has 4 rings (SSSR count). The number of hydrogen-bond donors (Lipinski definition) is 0. The molecule has 3 aromatic rings. The van der Waals surface area contributed by atoms with Crippen LogP contribution in [0.15, 0.2) is 88.8 Å². The molecule has 0 saturated carbocycles. The first-order chi connectivity index (χ1) is 14.3. The van der Waals surface area contributed by atoms with Crippen LogP contribution in [0.4, 0.5) is 0 Å². The number of rotatable bonds is 7. The molecule has 2 atom stereocenters. The van der Waals surface area contributed by atoms with Crippen molar-refractivity contribution in [3.63, 3.8) is 0 Å². The van der Waals surface area contributed by atoms with Crippen LogP contribution in [-0.4, -0.2) is 31.9 Å². The van der Waals surface area contributed by atoms with Gasteiger partial charge in [0.05, 0.1) is 7.11 Å². The van der Waals surface area contributed by atoms with Crippen LogP contribution < -0.4 is 9.47 Å². The topological polar surface area (TPSA) is 40.0 Å². The molecule has 0 bridgehead atoms. The quantitative estimate of drug-likeness (QED) is 0.495. The Hall–Kier alpha value is -2.92. The molecule has 0 N–H and O–H groups in total. The third-order valence-electron chi connectivity index (χ3n) is 4.81. The second-order valence-electron chi connectivity index (χ2n) is 6.64. The van der Waals surface area contributed by atoms with Crippen LogP contribution in [0.3, 0.4) is 0 Å². The summed E-state index contributed by atoms with van der Waals surface area (Å²) in [6.45, 7) is 0.394. The highest BCUT2D eigenvalue weighted by molar-refractivity contribution is 7.98. The van der Waals surface area contributed by atoms with Gasteiger partial charge in [0.2, 0.25) is 5.90 Å². The highest BCUT2D eigenvalue weighted by Gasteiger charge is 2.33. The number of para-hydroxylation sites is 2. The third kappa shape index (κ3) is 4.40. The summed E-state index contributed by atoms with van der Waals surface area (Å²) in [6, 6.07) is 25.9. The first-order valence-corrected chi connectivity index (χ1v) is 10.7. The van der Waals surface area contributed by atoms with Crippen molar-refractivity contribution in [3.05, 3.63) is 90.0 Å². The monoisotopic (exact) mass is 405 g/mol. The molecular weight excluding hydrogens is 382 g/mol. The zero-order valence-corrected chi connectivity index (χ0v) is 17.3. The van der Waals surface area contributed by atoms with Gasteiger partial charge in [-0.05, 0) is 48.2 Å². The highest BCUT2D eigenvalue weighted by atomic mass is 32.2. The number of hydrogen-bond acceptors (Lipinski definition) is 5. The Morgan fingerprint density at radius 3 is 2.28 bits per heavy atom. The Balaban J connectivity index is 1.59. The lowest BCUT2D eigenvalue weighted by Gasteiger charge is -2.19. The number of thioether (sulfide) groups is 1. The lowest BCUT2D eigenvalue weighted by Crippen LogP contribution is -2.22. The van der Waals surface area contributed by atoms with E-state index in [0.29, 0.717) is 24.0 Å². The zero-order chi connectivity index (χ0) is 20.1. The van der Waals surface area contributed by atoms with Crippen LogP contribution in [0.2, 0.25) is 0 Å². The minimum atomic E-state index is -0.198. The van der Waals surface area contributed by atoms with Gasteiger partial charge < -0.3 is 14.2 Å². The van der Waals surface area contributed by atoms with Gasteiger partial charge in [-0.2, -0.15) is 0 Å². The van der Waals surface area contributed by atoms with Crippen molar-refractivity contribution in [1.82, 2.24) is 0 Å². The molecule has 0 aromatic heterocycles. The third-order valence-corrected chi connectivity index (χ3v) is 5.56. The normalized spacial score (nSPS) is 18.1. The van der Waals surface area contributed by atoms with E-state index in [0.717, 1.165) is 11.1 Å². The van der Waals surface area contributed by atoms with E-state index in [1.807, 2.05) is 54.6 Å². The van der Waals surface area contributed by atoms with Crippen molar-refractivity contribution in [2.75, 3.05) is 20.0 Å². The molecule has 1 heterocycles. The standard InChI is InChI=1S/C24H23NO3S/c1-26-21-10-6-7-11-22(21)27-16-20-23(17-12-14-19(29-2)15-13-17)28-24(25-20)18-8-4-3-5-9-18/h3-15,20,23H,16H2,1-2H3/t20-,23-/m0/s1. The van der Waals surface area contributed by atoms with Crippen molar-refractivity contribution >= 4 is 17.7 Å². The molecule has 0 aliphatic carbocycles. The Bertz CT molecular complexity index is 973. The summed E-state index contributed by atoms with van der Waals surface area (Å²) >= 11 is 1.72. The fourth-order valence-electron chi connectivity index (χ4n) is 3.29. The fraction of sp³-hybridized carbons (Fsp3) is 0.208. The molecule has 0 fully saturated rings. The van der Waals surface area contributed by atoms with Gasteiger partial charge in [0.25, 0.3) is 0 Å². The number of ether oxygens (including phenoxy) is 3. The maximum absolute atomic E-state index is 6.30. The highest BCUT2D eigenvalue weighted by Crippen LogP contribution is 2.34. The van der Waals surface area contributed by atoms with E-state index in [4.69, 9.17) is 19.2 Å². The van der Waals surface area contributed by atoms with Gasteiger partial charge in [0.1, 0.15) is 12.6 Å². The molecule has 0 radical (unpaired) electrons. The largest absolute Gasteiger partial charge is 0.493 e. The van der Waals surface area contributed by atoms with Crippen LogP contribution in [0, 0.1) is 0 Å². The number of nitrogens with zero attached hydrogens (tertiary/aromatic N) is 1. The maximum atomic E-state index is 6.30. The summed E-state index contributed by atoms with van der Waals surface area (Å²) in [5.41, 5.74) is 2.06. The molecule has 0 spiro atoms. The molecular formula is C24H23NO3S. The lowest BCUT2D eigenvalue weighted by molar-refractivity contribution is 0.158. The average molecular weight is 406 g/mol. The van der Waals surface area contributed by atoms with Gasteiger partial charge >= 0.3 is 0 Å². The lowest BCUT2D eigenvalue weighted by atomic mass is 10.0. The molecule has 1 aliphatic heterocycles. The number of methoxy groups -OCH3 is 1. The smallest absolute Gasteiger partial charge is 0.217 e. The molecule has 5 heteroatoms. The summed E-state index contributed by atoms with van der Waals surface area (Å²) in [5.74, 6) is 2.06. The van der Waals surface area contributed by atoms with Gasteiger partial charge in [0, 0.05) is 10.5 Å². The van der Waals surface area contributed by atoms with Crippen molar-refractivity contribution in [2.24, 2.45) is 4.99 Å². The van der Waals surface area contributed by atoms with Gasteiger partial charge in [-0.3, -0.25) is 0 Å². The van der Waals surface area contributed by atoms with Crippen molar-refractivity contribution in [3.8, 4) is 11.5 Å². The second kappa shape index (κ2) is 9.05. The molecule has 0 amide bonds. The van der Waals surface area contributed by atoms with E-state index in [2.05, 4.69) is 30.5 Å². The Morgan fingerprint density at radius 1 is 0.897 bits per heavy atom. The van der Waals surface area contributed by atoms with E-state index in [-0.39, 0.29) is 12.1 Å². The molecule has 3 aromatic carbocycles. The van der Waals surface area contributed by atoms with Gasteiger partial charge in [-0.15, -0.1) is 11.8 Å². The van der Waals surface area contributed by atoms with E-state index >= 15 is 0 Å². The minimum absolute atomic E-state index is 0.157. The first-order valence-electron chi connectivity index (χ1n) is 9.48. The van der Waals surface area contributed by atoms with E-state index in [9.17, 15) is 0 Å². The summed E-state index contributed by atoms with van der Waals surface area (Å²) < 4.78 is 17.8. The SMILES string of the molecule is COc1ccccc1OC[C@@H]1N=C(c2ccccc2)O[C@H]1c1ccc(SC)cc1.